The molecule has 1 aromatic heterocycles. The average Bonchev–Trinajstić information content (AvgIpc) is 2.97. The molecule has 1 N–H and O–H groups in total. The molecule has 0 amide bonds. The highest BCUT2D eigenvalue weighted by atomic mass is 79.9. The molecule has 0 spiro atoms. The zero-order valence-electron chi connectivity index (χ0n) is 8.59. The third-order valence-electron chi connectivity index (χ3n) is 2.83. The third-order valence-corrected chi connectivity index (χ3v) is 3.64. The summed E-state index contributed by atoms with van der Waals surface area (Å²) in [7, 11) is 0. The molecule has 1 saturated carbocycles. The Kier molecular flexibility index (Phi) is 2.70. The van der Waals surface area contributed by atoms with Gasteiger partial charge in [0.2, 0.25) is 0 Å². The second kappa shape index (κ2) is 4.06. The van der Waals surface area contributed by atoms with Gasteiger partial charge in [0.25, 0.3) is 0 Å². The van der Waals surface area contributed by atoms with Gasteiger partial charge in [-0.2, -0.15) is 0 Å². The zero-order valence-corrected chi connectivity index (χ0v) is 10.9. The summed E-state index contributed by atoms with van der Waals surface area (Å²) in [6.45, 7) is 0.852. The fourth-order valence-corrected chi connectivity index (χ4v) is 2.69. The monoisotopic (exact) mass is 299 g/mol. The first kappa shape index (κ1) is 10.6. The number of benzene rings is 1. The molecule has 3 rings (SSSR count). The van der Waals surface area contributed by atoms with Crippen LogP contribution in [0.1, 0.15) is 18.4 Å². The summed E-state index contributed by atoms with van der Waals surface area (Å²) in [6.07, 6.45) is 4.39. The van der Waals surface area contributed by atoms with Crippen molar-refractivity contribution in [2.75, 3.05) is 0 Å². The van der Waals surface area contributed by atoms with E-state index in [2.05, 4.69) is 21.2 Å². The highest BCUT2D eigenvalue weighted by molar-refractivity contribution is 9.10. The van der Waals surface area contributed by atoms with Gasteiger partial charge in [0, 0.05) is 28.6 Å². The molecule has 0 atom stereocenters. The van der Waals surface area contributed by atoms with E-state index in [-0.39, 0.29) is 0 Å². The van der Waals surface area contributed by atoms with Gasteiger partial charge in [0.15, 0.2) is 0 Å². The first-order chi connectivity index (χ1) is 7.74. The van der Waals surface area contributed by atoms with Gasteiger partial charge in [-0.05, 0) is 40.9 Å². The largest absolute Gasteiger partial charge is 0.463 e. The lowest BCUT2D eigenvalue weighted by molar-refractivity contribution is 0.600. The first-order valence-electron chi connectivity index (χ1n) is 5.32. The number of hydrogen-bond donors (Lipinski definition) is 1. The molecule has 1 aliphatic rings. The Morgan fingerprint density at radius 3 is 3.00 bits per heavy atom. The SMILES string of the molecule is Clc1cc(Br)c2occ(CNC3CC3)c2c1. The zero-order chi connectivity index (χ0) is 11.1. The Hall–Kier alpha value is -0.510. The standard InChI is InChI=1S/C12H11BrClNO/c13-11-4-8(14)3-10-7(6-16-12(10)11)5-15-9-1-2-9/h3-4,6,9,15H,1-2,5H2. The summed E-state index contributed by atoms with van der Waals surface area (Å²) in [5.74, 6) is 0. The van der Waals surface area contributed by atoms with Gasteiger partial charge in [-0.1, -0.05) is 11.6 Å². The maximum absolute atomic E-state index is 6.04. The van der Waals surface area contributed by atoms with E-state index < -0.39 is 0 Å². The van der Waals surface area contributed by atoms with Gasteiger partial charge in [0.1, 0.15) is 5.58 Å². The Bertz CT molecular complexity index is 533. The fourth-order valence-electron chi connectivity index (χ4n) is 1.79. The number of furan rings is 1. The van der Waals surface area contributed by atoms with Crippen molar-refractivity contribution in [2.45, 2.75) is 25.4 Å². The molecular formula is C12H11BrClNO. The smallest absolute Gasteiger partial charge is 0.148 e. The molecule has 2 nitrogen and oxygen atoms in total. The van der Waals surface area contributed by atoms with Crippen LogP contribution in [-0.4, -0.2) is 6.04 Å². The van der Waals surface area contributed by atoms with E-state index in [1.165, 1.54) is 18.4 Å². The topological polar surface area (TPSA) is 25.2 Å². The summed E-state index contributed by atoms with van der Waals surface area (Å²) >= 11 is 9.49. The maximum atomic E-state index is 6.04. The molecule has 0 saturated heterocycles. The molecule has 1 heterocycles. The summed E-state index contributed by atoms with van der Waals surface area (Å²) in [5.41, 5.74) is 2.04. The van der Waals surface area contributed by atoms with Gasteiger partial charge in [-0.15, -0.1) is 0 Å². The molecule has 2 aromatic rings. The molecule has 0 radical (unpaired) electrons. The minimum Gasteiger partial charge on any atom is -0.463 e. The number of rotatable bonds is 3. The summed E-state index contributed by atoms with van der Waals surface area (Å²) in [4.78, 5) is 0. The summed E-state index contributed by atoms with van der Waals surface area (Å²) < 4.78 is 6.45. The van der Waals surface area contributed by atoms with Crippen LogP contribution in [0.4, 0.5) is 0 Å². The van der Waals surface area contributed by atoms with Crippen LogP contribution in [0.2, 0.25) is 5.02 Å². The van der Waals surface area contributed by atoms with Crippen LogP contribution in [0.25, 0.3) is 11.0 Å². The van der Waals surface area contributed by atoms with E-state index in [1.807, 2.05) is 12.1 Å². The van der Waals surface area contributed by atoms with Crippen molar-refractivity contribution in [1.82, 2.24) is 5.32 Å². The molecule has 0 unspecified atom stereocenters. The molecule has 16 heavy (non-hydrogen) atoms. The summed E-state index contributed by atoms with van der Waals surface area (Å²) in [5, 5.41) is 5.29. The number of hydrogen-bond acceptors (Lipinski definition) is 2. The Labute approximate surface area is 107 Å². The van der Waals surface area contributed by atoms with Crippen molar-refractivity contribution in [3.8, 4) is 0 Å². The van der Waals surface area contributed by atoms with Crippen molar-refractivity contribution < 1.29 is 4.42 Å². The van der Waals surface area contributed by atoms with Gasteiger partial charge >= 0.3 is 0 Å². The van der Waals surface area contributed by atoms with Gasteiger partial charge < -0.3 is 9.73 Å². The molecular weight excluding hydrogens is 289 g/mol. The maximum Gasteiger partial charge on any atom is 0.148 e. The number of nitrogens with one attached hydrogen (secondary N) is 1. The van der Waals surface area contributed by atoms with E-state index >= 15 is 0 Å². The Morgan fingerprint density at radius 2 is 2.25 bits per heavy atom. The number of fused-ring (bicyclic) bond motifs is 1. The van der Waals surface area contributed by atoms with Crippen LogP contribution in [-0.2, 0) is 6.54 Å². The number of halogens is 2. The van der Waals surface area contributed by atoms with Gasteiger partial charge in [0.05, 0.1) is 10.7 Å². The predicted molar refractivity (Wildman–Crippen MR) is 68.8 cm³/mol. The molecule has 1 aliphatic carbocycles. The quantitative estimate of drug-likeness (QED) is 0.923. The summed E-state index contributed by atoms with van der Waals surface area (Å²) in [6, 6.07) is 4.51. The van der Waals surface area contributed by atoms with Crippen LogP contribution in [0.3, 0.4) is 0 Å². The lowest BCUT2D eigenvalue weighted by Crippen LogP contribution is -2.14. The minimum absolute atomic E-state index is 0.701. The van der Waals surface area contributed by atoms with E-state index in [0.717, 1.165) is 27.0 Å². The lowest BCUT2D eigenvalue weighted by Gasteiger charge is -2.00. The molecule has 1 fully saturated rings. The van der Waals surface area contributed by atoms with E-state index in [0.29, 0.717) is 6.04 Å². The van der Waals surface area contributed by atoms with Crippen LogP contribution in [0.15, 0.2) is 27.3 Å². The average molecular weight is 301 g/mol. The van der Waals surface area contributed by atoms with Crippen molar-refractivity contribution in [2.24, 2.45) is 0 Å². The van der Waals surface area contributed by atoms with Gasteiger partial charge in [-0.25, -0.2) is 0 Å². The Balaban J connectivity index is 1.97. The predicted octanol–water partition coefficient (Wildman–Crippen LogP) is 4.10. The molecule has 0 aliphatic heterocycles. The van der Waals surface area contributed by atoms with E-state index in [9.17, 15) is 0 Å². The van der Waals surface area contributed by atoms with Crippen molar-refractivity contribution in [1.29, 1.82) is 0 Å². The molecule has 0 bridgehead atoms. The van der Waals surface area contributed by atoms with Crippen molar-refractivity contribution in [3.05, 3.63) is 33.5 Å². The van der Waals surface area contributed by atoms with Crippen LogP contribution >= 0.6 is 27.5 Å². The lowest BCUT2D eigenvalue weighted by atomic mass is 10.2. The molecule has 4 heteroatoms. The molecule has 84 valence electrons. The highest BCUT2D eigenvalue weighted by Gasteiger charge is 2.21. The minimum atomic E-state index is 0.701. The normalized spacial score (nSPS) is 15.9. The van der Waals surface area contributed by atoms with Crippen LogP contribution < -0.4 is 5.32 Å². The van der Waals surface area contributed by atoms with Crippen molar-refractivity contribution >= 4 is 38.5 Å². The molecule has 1 aromatic carbocycles. The van der Waals surface area contributed by atoms with Crippen LogP contribution in [0, 0.1) is 0 Å². The fraction of sp³-hybridized carbons (Fsp3) is 0.333. The van der Waals surface area contributed by atoms with E-state index in [4.69, 9.17) is 16.0 Å². The highest BCUT2D eigenvalue weighted by Crippen LogP contribution is 2.32. The second-order valence-corrected chi connectivity index (χ2v) is 5.47. The second-order valence-electron chi connectivity index (χ2n) is 4.18. The third kappa shape index (κ3) is 1.99. The van der Waals surface area contributed by atoms with Crippen molar-refractivity contribution in [3.63, 3.8) is 0 Å². The van der Waals surface area contributed by atoms with Crippen LogP contribution in [0.5, 0.6) is 0 Å². The van der Waals surface area contributed by atoms with E-state index in [1.54, 1.807) is 6.26 Å². The first-order valence-corrected chi connectivity index (χ1v) is 6.49. The Morgan fingerprint density at radius 1 is 1.44 bits per heavy atom. The van der Waals surface area contributed by atoms with Gasteiger partial charge in [-0.3, -0.25) is 0 Å².